The Morgan fingerprint density at radius 1 is 1.36 bits per heavy atom. The average molecular weight is 250 g/mol. The molecule has 1 aliphatic carbocycles. The topological polar surface area (TPSA) is 29.1 Å². The van der Waals surface area contributed by atoms with Crippen LogP contribution in [0.15, 0.2) is 16.6 Å². The summed E-state index contributed by atoms with van der Waals surface area (Å²) >= 11 is 3.51. The quantitative estimate of drug-likeness (QED) is 0.734. The van der Waals surface area contributed by atoms with Gasteiger partial charge in [0.25, 0.3) is 5.91 Å². The summed E-state index contributed by atoms with van der Waals surface area (Å²) in [5, 5.41) is 5.17. The van der Waals surface area contributed by atoms with Gasteiger partial charge in [-0.2, -0.15) is 0 Å². The first-order chi connectivity index (χ1) is 6.77. The van der Waals surface area contributed by atoms with Crippen molar-refractivity contribution >= 4 is 39.2 Å². The fourth-order valence-electron chi connectivity index (χ4n) is 2.13. The van der Waals surface area contributed by atoms with Crippen molar-refractivity contribution in [2.75, 3.05) is 5.32 Å². The highest BCUT2D eigenvalue weighted by Crippen LogP contribution is 2.19. The maximum atomic E-state index is 11.6. The summed E-state index contributed by atoms with van der Waals surface area (Å²) in [5.74, 6) is 0.0763. The molecule has 70 valence electrons. The van der Waals surface area contributed by atoms with Crippen LogP contribution < -0.4 is 15.8 Å². The van der Waals surface area contributed by atoms with E-state index < -0.39 is 0 Å². The van der Waals surface area contributed by atoms with Crippen LogP contribution in [0, 0.1) is 0 Å². The molecule has 1 amide bonds. The van der Waals surface area contributed by atoms with Crippen LogP contribution in [0.25, 0.3) is 11.6 Å². The molecule has 3 heteroatoms. The molecule has 3 rings (SSSR count). The summed E-state index contributed by atoms with van der Waals surface area (Å²) in [6.07, 6.45) is 4.01. The van der Waals surface area contributed by atoms with E-state index in [4.69, 9.17) is 0 Å². The Bertz CT molecular complexity index is 559. The SMILES string of the molecule is O=C1Nc2ccc(Br)c3c2=C1CCC=3. The molecule has 0 fully saturated rings. The lowest BCUT2D eigenvalue weighted by atomic mass is 10.0. The fraction of sp³-hybridized carbons (Fsp3) is 0.182. The van der Waals surface area contributed by atoms with Crippen LogP contribution in [0.5, 0.6) is 0 Å². The van der Waals surface area contributed by atoms with Gasteiger partial charge in [0.2, 0.25) is 0 Å². The van der Waals surface area contributed by atoms with E-state index in [1.54, 1.807) is 0 Å². The number of carbonyl (C=O) groups excluding carboxylic acids is 1. The minimum Gasteiger partial charge on any atom is -0.322 e. The summed E-state index contributed by atoms with van der Waals surface area (Å²) < 4.78 is 1.07. The van der Waals surface area contributed by atoms with Crippen LogP contribution in [0.1, 0.15) is 12.8 Å². The predicted molar refractivity (Wildman–Crippen MR) is 59.1 cm³/mol. The van der Waals surface area contributed by atoms with Gasteiger partial charge in [-0.25, -0.2) is 0 Å². The van der Waals surface area contributed by atoms with Gasteiger partial charge in [-0.05, 0) is 30.2 Å². The minimum atomic E-state index is 0.0763. The highest BCUT2D eigenvalue weighted by atomic mass is 79.9. The molecule has 2 aliphatic rings. The molecule has 1 aromatic rings. The number of hydrogen-bond acceptors (Lipinski definition) is 1. The van der Waals surface area contributed by atoms with E-state index in [-0.39, 0.29) is 5.91 Å². The number of hydrogen-bond donors (Lipinski definition) is 1. The highest BCUT2D eigenvalue weighted by Gasteiger charge is 2.22. The Kier molecular flexibility index (Phi) is 1.59. The Labute approximate surface area is 89.4 Å². The largest absolute Gasteiger partial charge is 0.322 e. The predicted octanol–water partition coefficient (Wildman–Crippen LogP) is 1.13. The number of anilines is 1. The monoisotopic (exact) mass is 249 g/mol. The zero-order valence-corrected chi connectivity index (χ0v) is 9.02. The first-order valence-corrected chi connectivity index (χ1v) is 5.40. The van der Waals surface area contributed by atoms with E-state index in [0.29, 0.717) is 0 Å². The van der Waals surface area contributed by atoms with Crippen LogP contribution in [-0.4, -0.2) is 5.91 Å². The summed E-state index contributed by atoms with van der Waals surface area (Å²) in [4.78, 5) is 11.6. The Morgan fingerprint density at radius 3 is 3.07 bits per heavy atom. The van der Waals surface area contributed by atoms with E-state index in [1.807, 2.05) is 12.1 Å². The highest BCUT2D eigenvalue weighted by molar-refractivity contribution is 9.10. The molecule has 0 bridgehead atoms. The van der Waals surface area contributed by atoms with Crippen LogP contribution in [0.4, 0.5) is 5.69 Å². The maximum Gasteiger partial charge on any atom is 0.252 e. The Morgan fingerprint density at radius 2 is 2.21 bits per heavy atom. The molecule has 1 heterocycles. The molecule has 0 saturated carbocycles. The average Bonchev–Trinajstić information content (AvgIpc) is 2.52. The summed E-state index contributed by atoms with van der Waals surface area (Å²) in [7, 11) is 0. The number of halogens is 1. The van der Waals surface area contributed by atoms with Crippen molar-refractivity contribution in [2.24, 2.45) is 0 Å². The summed E-state index contributed by atoms with van der Waals surface area (Å²) in [6, 6.07) is 3.94. The van der Waals surface area contributed by atoms with E-state index in [0.717, 1.165) is 33.8 Å². The van der Waals surface area contributed by atoms with Crippen molar-refractivity contribution in [3.8, 4) is 0 Å². The molecule has 1 N–H and O–H groups in total. The molecule has 1 aliphatic heterocycles. The lowest BCUT2D eigenvalue weighted by Crippen LogP contribution is -2.29. The normalized spacial score (nSPS) is 17.5. The molecule has 0 spiro atoms. The molecule has 1 aromatic carbocycles. The number of benzene rings is 1. The smallest absolute Gasteiger partial charge is 0.252 e. The molecule has 0 atom stereocenters. The van der Waals surface area contributed by atoms with Crippen LogP contribution in [-0.2, 0) is 4.79 Å². The Balaban J connectivity index is 2.57. The van der Waals surface area contributed by atoms with Gasteiger partial charge in [0.05, 0.1) is 0 Å². The summed E-state index contributed by atoms with van der Waals surface area (Å²) in [6.45, 7) is 0. The van der Waals surface area contributed by atoms with Gasteiger partial charge >= 0.3 is 0 Å². The molecule has 0 saturated heterocycles. The van der Waals surface area contributed by atoms with Gasteiger partial charge in [-0.15, -0.1) is 0 Å². The van der Waals surface area contributed by atoms with Crippen molar-refractivity contribution in [1.29, 1.82) is 0 Å². The third-order valence-electron chi connectivity index (χ3n) is 2.76. The van der Waals surface area contributed by atoms with Crippen molar-refractivity contribution < 1.29 is 4.79 Å². The molecular weight excluding hydrogens is 242 g/mol. The van der Waals surface area contributed by atoms with Gasteiger partial charge in [-0.3, -0.25) is 4.79 Å². The second-order valence-corrected chi connectivity index (χ2v) is 4.41. The third-order valence-corrected chi connectivity index (χ3v) is 3.45. The van der Waals surface area contributed by atoms with Crippen LogP contribution >= 0.6 is 15.9 Å². The van der Waals surface area contributed by atoms with E-state index in [2.05, 4.69) is 27.3 Å². The van der Waals surface area contributed by atoms with Crippen molar-refractivity contribution in [3.63, 3.8) is 0 Å². The van der Waals surface area contributed by atoms with Crippen LogP contribution in [0.2, 0.25) is 0 Å². The number of rotatable bonds is 0. The number of nitrogens with one attached hydrogen (secondary N) is 1. The standard InChI is InChI=1S/C11H8BrNO/c12-8-4-5-9-10-6(8)2-1-3-7(10)11(14)13-9/h2,4-5H,1,3H2,(H,13,14). The number of amides is 1. The molecule has 2 nitrogen and oxygen atoms in total. The first-order valence-electron chi connectivity index (χ1n) is 4.60. The molecular formula is C11H8BrNO. The number of carbonyl (C=O) groups is 1. The zero-order valence-electron chi connectivity index (χ0n) is 7.43. The van der Waals surface area contributed by atoms with E-state index in [1.165, 1.54) is 5.22 Å². The van der Waals surface area contributed by atoms with Crippen molar-refractivity contribution in [1.82, 2.24) is 0 Å². The summed E-state index contributed by atoms with van der Waals surface area (Å²) in [5.41, 5.74) is 1.90. The minimum absolute atomic E-state index is 0.0763. The van der Waals surface area contributed by atoms with Gasteiger partial charge < -0.3 is 5.32 Å². The zero-order chi connectivity index (χ0) is 9.71. The lowest BCUT2D eigenvalue weighted by molar-refractivity contribution is -0.111. The van der Waals surface area contributed by atoms with Crippen molar-refractivity contribution in [3.05, 3.63) is 27.0 Å². The van der Waals surface area contributed by atoms with Gasteiger partial charge in [0.1, 0.15) is 0 Å². The Hall–Kier alpha value is -1.09. The molecule has 14 heavy (non-hydrogen) atoms. The van der Waals surface area contributed by atoms with Gasteiger partial charge in [0, 0.05) is 21.0 Å². The maximum absolute atomic E-state index is 11.6. The van der Waals surface area contributed by atoms with E-state index in [9.17, 15) is 4.79 Å². The molecule has 0 unspecified atom stereocenters. The van der Waals surface area contributed by atoms with Crippen LogP contribution in [0.3, 0.4) is 0 Å². The van der Waals surface area contributed by atoms with Gasteiger partial charge in [-0.1, -0.05) is 22.0 Å². The second-order valence-electron chi connectivity index (χ2n) is 3.56. The lowest BCUT2D eigenvalue weighted by Gasteiger charge is -2.03. The third kappa shape index (κ3) is 0.932. The fourth-order valence-corrected chi connectivity index (χ4v) is 2.63. The van der Waals surface area contributed by atoms with Crippen molar-refractivity contribution in [2.45, 2.75) is 12.8 Å². The molecule has 0 aromatic heterocycles. The molecule has 0 radical (unpaired) electrons. The first kappa shape index (κ1) is 8.24. The van der Waals surface area contributed by atoms with Gasteiger partial charge in [0.15, 0.2) is 0 Å². The second kappa shape index (κ2) is 2.70. The van der Waals surface area contributed by atoms with E-state index >= 15 is 0 Å².